The van der Waals surface area contributed by atoms with Gasteiger partial charge in [0.15, 0.2) is 0 Å². The number of urea groups is 1. The third-order valence-electron chi connectivity index (χ3n) is 3.52. The van der Waals surface area contributed by atoms with Crippen molar-refractivity contribution in [3.05, 3.63) is 0 Å². The molecule has 3 heteroatoms. The van der Waals surface area contributed by atoms with Gasteiger partial charge in [-0.3, -0.25) is 0 Å². The van der Waals surface area contributed by atoms with E-state index in [1.807, 2.05) is 0 Å². The zero-order chi connectivity index (χ0) is 9.57. The van der Waals surface area contributed by atoms with Crippen LogP contribution in [-0.2, 0) is 0 Å². The number of hydrogen-bond acceptors (Lipinski definition) is 1. The molecule has 1 rings (SSSR count). The van der Waals surface area contributed by atoms with Crippen LogP contribution in [0, 0.1) is 10.8 Å². The Morgan fingerprint density at radius 2 is 1.58 bits per heavy atom. The van der Waals surface area contributed by atoms with E-state index in [4.69, 9.17) is 0 Å². The zero-order valence-corrected chi connectivity index (χ0v) is 8.49. The van der Waals surface area contributed by atoms with Crippen molar-refractivity contribution in [2.24, 2.45) is 10.8 Å². The molecule has 1 fully saturated rings. The highest BCUT2D eigenvalue weighted by Crippen LogP contribution is 2.62. The first-order valence-electron chi connectivity index (χ1n) is 4.32. The topological polar surface area (TPSA) is 41.1 Å². The van der Waals surface area contributed by atoms with Crippen LogP contribution in [0.4, 0.5) is 4.79 Å². The molecule has 0 bridgehead atoms. The summed E-state index contributed by atoms with van der Waals surface area (Å²) in [4.78, 5) is 11.0. The lowest BCUT2D eigenvalue weighted by molar-refractivity contribution is 0.240. The van der Waals surface area contributed by atoms with Crippen LogP contribution in [0.25, 0.3) is 0 Å². The van der Waals surface area contributed by atoms with Crippen molar-refractivity contribution >= 4 is 6.03 Å². The second kappa shape index (κ2) is 2.38. The highest BCUT2D eigenvalue weighted by Gasteiger charge is 2.65. The van der Waals surface area contributed by atoms with Gasteiger partial charge < -0.3 is 10.6 Å². The molecule has 0 unspecified atom stereocenters. The number of nitrogens with one attached hydrogen (secondary N) is 2. The van der Waals surface area contributed by atoms with Crippen molar-refractivity contribution < 1.29 is 4.79 Å². The summed E-state index contributed by atoms with van der Waals surface area (Å²) in [7, 11) is 1.64. The van der Waals surface area contributed by atoms with Crippen LogP contribution < -0.4 is 10.6 Å². The summed E-state index contributed by atoms with van der Waals surface area (Å²) < 4.78 is 0. The van der Waals surface area contributed by atoms with Gasteiger partial charge in [0.25, 0.3) is 0 Å². The van der Waals surface area contributed by atoms with E-state index in [1.54, 1.807) is 7.05 Å². The second-order valence-corrected chi connectivity index (χ2v) is 4.60. The maximum atomic E-state index is 11.0. The lowest BCUT2D eigenvalue weighted by Crippen LogP contribution is -2.36. The van der Waals surface area contributed by atoms with E-state index in [1.165, 1.54) is 0 Å². The highest BCUT2D eigenvalue weighted by atomic mass is 16.2. The SMILES string of the molecule is CNC(=O)NC1C(C)(C)C1(C)C. The highest BCUT2D eigenvalue weighted by molar-refractivity contribution is 5.74. The maximum absolute atomic E-state index is 11.0. The number of amides is 2. The van der Waals surface area contributed by atoms with Crippen LogP contribution in [0.3, 0.4) is 0 Å². The quantitative estimate of drug-likeness (QED) is 0.612. The molecule has 1 aliphatic carbocycles. The van der Waals surface area contributed by atoms with Crippen molar-refractivity contribution in [3.63, 3.8) is 0 Å². The molecule has 0 radical (unpaired) electrons. The lowest BCUT2D eigenvalue weighted by Gasteiger charge is -2.04. The van der Waals surface area contributed by atoms with Crippen molar-refractivity contribution in [3.8, 4) is 0 Å². The zero-order valence-electron chi connectivity index (χ0n) is 8.49. The van der Waals surface area contributed by atoms with Gasteiger partial charge in [-0.25, -0.2) is 4.79 Å². The average Bonchev–Trinajstić information content (AvgIpc) is 2.32. The lowest BCUT2D eigenvalue weighted by atomic mass is 10.0. The van der Waals surface area contributed by atoms with E-state index in [0.29, 0.717) is 6.04 Å². The predicted octanol–water partition coefficient (Wildman–Crippen LogP) is 1.35. The Kier molecular flexibility index (Phi) is 1.85. The van der Waals surface area contributed by atoms with Gasteiger partial charge in [0.1, 0.15) is 0 Å². The van der Waals surface area contributed by atoms with Crippen LogP contribution in [0.15, 0.2) is 0 Å². The van der Waals surface area contributed by atoms with E-state index < -0.39 is 0 Å². The predicted molar refractivity (Wildman–Crippen MR) is 48.9 cm³/mol. The number of hydrogen-bond donors (Lipinski definition) is 2. The summed E-state index contributed by atoms with van der Waals surface area (Å²) >= 11 is 0. The van der Waals surface area contributed by atoms with Crippen molar-refractivity contribution in [1.29, 1.82) is 0 Å². The summed E-state index contributed by atoms with van der Waals surface area (Å²) in [5, 5.41) is 5.50. The van der Waals surface area contributed by atoms with Crippen LogP contribution in [0.1, 0.15) is 27.7 Å². The Balaban J connectivity index is 2.54. The summed E-state index contributed by atoms with van der Waals surface area (Å²) in [6.45, 7) is 8.70. The fourth-order valence-electron chi connectivity index (χ4n) is 1.76. The van der Waals surface area contributed by atoms with Gasteiger partial charge in [-0.15, -0.1) is 0 Å². The molecule has 0 spiro atoms. The molecule has 0 aromatic heterocycles. The Morgan fingerprint density at radius 1 is 1.17 bits per heavy atom. The molecule has 2 N–H and O–H groups in total. The summed E-state index contributed by atoms with van der Waals surface area (Å²) in [6.07, 6.45) is 0. The van der Waals surface area contributed by atoms with E-state index in [-0.39, 0.29) is 16.9 Å². The molecular weight excluding hydrogens is 152 g/mol. The molecule has 3 nitrogen and oxygen atoms in total. The van der Waals surface area contributed by atoms with Gasteiger partial charge in [0, 0.05) is 13.1 Å². The minimum absolute atomic E-state index is 0.0846. The van der Waals surface area contributed by atoms with E-state index >= 15 is 0 Å². The molecule has 70 valence electrons. The Hall–Kier alpha value is -0.730. The second-order valence-electron chi connectivity index (χ2n) is 4.60. The molecule has 0 saturated heterocycles. The first kappa shape index (κ1) is 9.36. The van der Waals surface area contributed by atoms with Crippen molar-refractivity contribution in [1.82, 2.24) is 10.6 Å². The van der Waals surface area contributed by atoms with E-state index in [0.717, 1.165) is 0 Å². The van der Waals surface area contributed by atoms with Crippen molar-refractivity contribution in [2.75, 3.05) is 7.05 Å². The Morgan fingerprint density at radius 3 is 1.83 bits per heavy atom. The van der Waals surface area contributed by atoms with Crippen LogP contribution in [-0.4, -0.2) is 19.1 Å². The largest absolute Gasteiger partial charge is 0.341 e. The van der Waals surface area contributed by atoms with Crippen LogP contribution >= 0.6 is 0 Å². The van der Waals surface area contributed by atoms with Crippen LogP contribution in [0.2, 0.25) is 0 Å². The van der Waals surface area contributed by atoms with Gasteiger partial charge in [-0.1, -0.05) is 27.7 Å². The molecular formula is C9H18N2O. The summed E-state index contributed by atoms with van der Waals surface area (Å²) in [6, 6.07) is 0.212. The summed E-state index contributed by atoms with van der Waals surface area (Å²) in [5.41, 5.74) is 0.443. The molecule has 0 atom stereocenters. The third kappa shape index (κ3) is 1.08. The van der Waals surface area contributed by atoms with Gasteiger partial charge in [0.2, 0.25) is 0 Å². The first-order valence-corrected chi connectivity index (χ1v) is 4.32. The minimum atomic E-state index is -0.0846. The summed E-state index contributed by atoms with van der Waals surface area (Å²) in [5.74, 6) is 0. The van der Waals surface area contributed by atoms with Gasteiger partial charge in [0.05, 0.1) is 0 Å². The molecule has 0 aromatic carbocycles. The van der Waals surface area contributed by atoms with E-state index in [2.05, 4.69) is 38.3 Å². The maximum Gasteiger partial charge on any atom is 0.314 e. The van der Waals surface area contributed by atoms with Crippen LogP contribution in [0.5, 0.6) is 0 Å². The molecule has 0 heterocycles. The Bertz CT molecular complexity index is 195. The standard InChI is InChI=1S/C9H18N2O/c1-8(2)6(9(8,3)4)11-7(12)10-5/h6H,1-5H3,(H2,10,11,12). The minimum Gasteiger partial charge on any atom is -0.341 e. The van der Waals surface area contributed by atoms with Gasteiger partial charge in [-0.05, 0) is 10.8 Å². The molecule has 12 heavy (non-hydrogen) atoms. The fourth-order valence-corrected chi connectivity index (χ4v) is 1.76. The fraction of sp³-hybridized carbons (Fsp3) is 0.889. The van der Waals surface area contributed by atoms with Gasteiger partial charge >= 0.3 is 6.03 Å². The first-order chi connectivity index (χ1) is 5.34. The normalized spacial score (nSPS) is 24.8. The molecule has 1 saturated carbocycles. The number of carbonyl (C=O) groups excluding carboxylic acids is 1. The number of carbonyl (C=O) groups is 1. The van der Waals surface area contributed by atoms with Gasteiger partial charge in [-0.2, -0.15) is 0 Å². The third-order valence-corrected chi connectivity index (χ3v) is 3.52. The average molecular weight is 170 g/mol. The van der Waals surface area contributed by atoms with E-state index in [9.17, 15) is 4.79 Å². The Labute approximate surface area is 73.9 Å². The monoisotopic (exact) mass is 170 g/mol. The molecule has 0 aliphatic heterocycles. The molecule has 0 aromatic rings. The molecule has 1 aliphatic rings. The van der Waals surface area contributed by atoms with Crippen molar-refractivity contribution in [2.45, 2.75) is 33.7 Å². The molecule has 2 amide bonds. The number of rotatable bonds is 1. The smallest absolute Gasteiger partial charge is 0.314 e.